The average molecular weight is 1440 g/mol. The van der Waals surface area contributed by atoms with Crippen LogP contribution in [0.4, 0.5) is 18.4 Å². The zero-order valence-corrected chi connectivity index (χ0v) is 58.4. The highest BCUT2D eigenvalue weighted by atomic mass is 19.1. The van der Waals surface area contributed by atoms with E-state index in [1.807, 2.05) is 97.1 Å². The molecule has 24 heteroatoms. The topological polar surface area (TPSA) is 286 Å². The molecule has 0 heterocycles. The van der Waals surface area contributed by atoms with Crippen molar-refractivity contribution in [1.82, 2.24) is 41.7 Å². The summed E-state index contributed by atoms with van der Waals surface area (Å²) in [4.78, 5) is 140. The van der Waals surface area contributed by atoms with E-state index in [0.29, 0.717) is 12.8 Å². The third kappa shape index (κ3) is 25.6. The monoisotopic (exact) mass is 1440 g/mol. The first kappa shape index (κ1) is 77.8. The van der Waals surface area contributed by atoms with Gasteiger partial charge < -0.3 is 60.6 Å². The van der Waals surface area contributed by atoms with Crippen LogP contribution in [0, 0.1) is 11.6 Å². The van der Waals surface area contributed by atoms with E-state index < -0.39 is 109 Å². The van der Waals surface area contributed by atoms with Gasteiger partial charge in [0.05, 0.1) is 0 Å². The van der Waals surface area contributed by atoms with E-state index in [2.05, 4.69) is 31.9 Å². The van der Waals surface area contributed by atoms with Crippen molar-refractivity contribution >= 4 is 81.1 Å². The van der Waals surface area contributed by atoms with Gasteiger partial charge in [-0.2, -0.15) is 0 Å². The van der Waals surface area contributed by atoms with E-state index in [9.17, 15) is 56.7 Å². The van der Waals surface area contributed by atoms with E-state index >= 15 is 0 Å². The van der Waals surface area contributed by atoms with Crippen LogP contribution in [0.25, 0.3) is 21.5 Å². The fourth-order valence-electron chi connectivity index (χ4n) is 11.5. The van der Waals surface area contributed by atoms with Crippen molar-refractivity contribution in [3.05, 3.63) is 275 Å². The van der Waals surface area contributed by atoms with E-state index in [1.54, 1.807) is 72.8 Å². The number of halogens is 2. The van der Waals surface area contributed by atoms with Gasteiger partial charge in [-0.1, -0.05) is 176 Å². The van der Waals surface area contributed by atoms with E-state index in [-0.39, 0.29) is 102 Å². The maximum atomic E-state index is 14.7. The second kappa shape index (κ2) is 41.1. The molecule has 0 radical (unpaired) electrons. The van der Waals surface area contributed by atoms with Crippen LogP contribution in [0.2, 0.25) is 0 Å². The molecule has 0 spiro atoms. The zero-order valence-electron chi connectivity index (χ0n) is 58.4. The van der Waals surface area contributed by atoms with Gasteiger partial charge >= 0.3 is 24.1 Å². The van der Waals surface area contributed by atoms with Crippen molar-refractivity contribution in [1.29, 1.82) is 0 Å². The fourth-order valence-corrected chi connectivity index (χ4v) is 11.5. The van der Waals surface area contributed by atoms with Gasteiger partial charge in [-0.15, -0.1) is 0 Å². The van der Waals surface area contributed by atoms with Gasteiger partial charge in [0.1, 0.15) is 76.3 Å². The molecule has 9 aromatic rings. The lowest BCUT2D eigenvalue weighted by Gasteiger charge is -2.24. The van der Waals surface area contributed by atoms with Crippen LogP contribution in [0.5, 0.6) is 0 Å². The van der Waals surface area contributed by atoms with Crippen LogP contribution in [0.15, 0.2) is 218 Å². The summed E-state index contributed by atoms with van der Waals surface area (Å²) in [6.07, 6.45) is 0.208. The molecule has 106 heavy (non-hydrogen) atoms. The Labute approximate surface area is 612 Å². The number of fused-ring (bicyclic) bond motifs is 2. The number of alkyl carbamates (subject to hydrolysis) is 2. The highest BCUT2D eigenvalue weighted by molar-refractivity contribution is 6.03. The quantitative estimate of drug-likeness (QED) is 0.0119. The Kier molecular flexibility index (Phi) is 30.2. The lowest BCUT2D eigenvalue weighted by atomic mass is 10.1. The SMILES string of the molecule is O=C(CN(CC(=O)NCCc1ccc(F)cc1)C(=O)c1cccc(C(=O)N(CC(=O)NCCCC[C@H](NC(=O)OCc2ccccc2)C(=O)OCc2cccc3ccccc23)CC(=O)NCCc2ccc(F)cc2)c1)NCCCC[C@H](NC(=O)OCc1ccccc1)C(=O)OCc1cccc2ccccc12. The van der Waals surface area contributed by atoms with Crippen LogP contribution in [-0.2, 0) is 87.0 Å². The summed E-state index contributed by atoms with van der Waals surface area (Å²) in [7, 11) is 0. The molecule has 0 saturated carbocycles. The zero-order chi connectivity index (χ0) is 74.8. The highest BCUT2D eigenvalue weighted by Gasteiger charge is 2.28. The predicted octanol–water partition coefficient (Wildman–Crippen LogP) is 10.5. The molecule has 22 nitrogen and oxygen atoms in total. The van der Waals surface area contributed by atoms with Crippen molar-refractivity contribution in [2.75, 3.05) is 52.4 Å². The van der Waals surface area contributed by atoms with Crippen LogP contribution >= 0.6 is 0 Å². The van der Waals surface area contributed by atoms with Gasteiger partial charge in [0, 0.05) is 37.3 Å². The lowest BCUT2D eigenvalue weighted by Crippen LogP contribution is -2.47. The van der Waals surface area contributed by atoms with E-state index in [1.165, 1.54) is 48.5 Å². The first-order valence-corrected chi connectivity index (χ1v) is 35.0. The maximum Gasteiger partial charge on any atom is 0.408 e. The number of esters is 2. The van der Waals surface area contributed by atoms with Crippen molar-refractivity contribution in [3.63, 3.8) is 0 Å². The van der Waals surface area contributed by atoms with Crippen molar-refractivity contribution in [2.45, 2.75) is 89.9 Å². The Bertz CT molecular complexity index is 4170. The second-order valence-electron chi connectivity index (χ2n) is 25.1. The van der Waals surface area contributed by atoms with E-state index in [0.717, 1.165) is 64.7 Å². The van der Waals surface area contributed by atoms with Gasteiger partial charge in [-0.05, 0) is 149 Å². The van der Waals surface area contributed by atoms with E-state index in [4.69, 9.17) is 18.9 Å². The molecule has 0 aromatic heterocycles. The Balaban J connectivity index is 0.837. The first-order valence-electron chi connectivity index (χ1n) is 35.0. The number of hydrogen-bond donors (Lipinski definition) is 6. The molecule has 0 aliphatic rings. The second-order valence-corrected chi connectivity index (χ2v) is 25.1. The molecule has 9 rings (SSSR count). The molecular formula is C82H84F2N8O14. The minimum atomic E-state index is -1.14. The third-order valence-electron chi connectivity index (χ3n) is 17.1. The molecule has 9 aromatic carbocycles. The number of amides is 8. The number of unbranched alkanes of at least 4 members (excludes halogenated alkanes) is 2. The minimum Gasteiger partial charge on any atom is -0.459 e. The largest absolute Gasteiger partial charge is 0.459 e. The van der Waals surface area contributed by atoms with Crippen LogP contribution in [0.3, 0.4) is 0 Å². The van der Waals surface area contributed by atoms with Crippen LogP contribution in [0.1, 0.15) is 92.6 Å². The number of benzene rings is 9. The van der Waals surface area contributed by atoms with Gasteiger partial charge in [0.2, 0.25) is 23.6 Å². The molecule has 8 amide bonds. The number of hydrogen-bond acceptors (Lipinski definition) is 14. The summed E-state index contributed by atoms with van der Waals surface area (Å²) in [5.74, 6) is -6.66. The van der Waals surface area contributed by atoms with Crippen molar-refractivity contribution < 1.29 is 75.7 Å². The molecule has 0 aliphatic carbocycles. The smallest absolute Gasteiger partial charge is 0.408 e. The molecule has 0 aliphatic heterocycles. The normalized spacial score (nSPS) is 11.4. The molecule has 2 atom stereocenters. The van der Waals surface area contributed by atoms with Crippen molar-refractivity contribution in [2.24, 2.45) is 0 Å². The summed E-state index contributed by atoms with van der Waals surface area (Å²) in [5, 5.41) is 19.9. The number of carbonyl (C=O) groups excluding carboxylic acids is 10. The van der Waals surface area contributed by atoms with Crippen LogP contribution in [-0.4, -0.2) is 134 Å². The maximum absolute atomic E-state index is 14.7. The summed E-state index contributed by atoms with van der Waals surface area (Å²) < 4.78 is 49.8. The number of nitrogens with one attached hydrogen (secondary N) is 6. The Hall–Kier alpha value is -12.3. The summed E-state index contributed by atoms with van der Waals surface area (Å²) in [5.41, 5.74) is 4.12. The van der Waals surface area contributed by atoms with Crippen molar-refractivity contribution in [3.8, 4) is 0 Å². The average Bonchev–Trinajstić information content (AvgIpc) is 0.839. The van der Waals surface area contributed by atoms with Gasteiger partial charge in [0.15, 0.2) is 0 Å². The summed E-state index contributed by atoms with van der Waals surface area (Å²) in [6.45, 7) is -2.61. The van der Waals surface area contributed by atoms with Gasteiger partial charge in [-0.25, -0.2) is 28.0 Å². The molecule has 6 N–H and O–H groups in total. The summed E-state index contributed by atoms with van der Waals surface area (Å²) >= 11 is 0. The molecule has 0 fully saturated rings. The van der Waals surface area contributed by atoms with Crippen LogP contribution < -0.4 is 31.9 Å². The van der Waals surface area contributed by atoms with Gasteiger partial charge in [-0.3, -0.25) is 28.8 Å². The predicted molar refractivity (Wildman–Crippen MR) is 393 cm³/mol. The number of rotatable bonds is 38. The number of nitrogens with zero attached hydrogens (tertiary/aromatic N) is 2. The lowest BCUT2D eigenvalue weighted by molar-refractivity contribution is -0.148. The number of ether oxygens (including phenoxy) is 4. The molecular weight excluding hydrogens is 1360 g/mol. The Morgan fingerprint density at radius 3 is 1.08 bits per heavy atom. The molecule has 0 unspecified atom stereocenters. The third-order valence-corrected chi connectivity index (χ3v) is 17.1. The molecule has 0 saturated heterocycles. The first-order chi connectivity index (χ1) is 51.5. The molecule has 550 valence electrons. The highest BCUT2D eigenvalue weighted by Crippen LogP contribution is 2.22. The minimum absolute atomic E-state index is 0.0319. The molecule has 0 bridgehead atoms. The Morgan fingerprint density at radius 2 is 0.689 bits per heavy atom. The number of carbonyl (C=O) groups is 10. The fraction of sp³-hybridized carbons (Fsp3) is 0.268. The Morgan fingerprint density at radius 1 is 0.340 bits per heavy atom. The van der Waals surface area contributed by atoms with Gasteiger partial charge in [0.25, 0.3) is 11.8 Å². The summed E-state index contributed by atoms with van der Waals surface area (Å²) in [6, 6.07) is 58.9. The standard InChI is InChI=1S/C82H84F2N8O14/c83-67-38-34-57(35-39-67)42-46-87-75(95)51-91(49-73(93)85-44-13-11-32-71(89-81(101)105-53-59-18-3-1-4-19-59)79(99)103-55-65-28-15-24-61-22-7-9-30-69(61)65)77(97)63-26-17-27-64(48-63)78(98)92(52-76(96)88-47-43-58-36-40-68(84)41-37-58)50-74(94)86-45-14-12-33-72(90-82(102)106-54-60-20-5-2-6-21-60)80(100)104-56-66-29-16-25-62-23-8-10-31-70(62)66/h1-10,15-31,34-41,48,71-72H,11-14,32-33,42-47,49-56H2,(H,85,93)(H,86,94)(H,87,95)(H,88,96)(H,89,101)(H,90,102)/t71-,72-/m0/s1.